The van der Waals surface area contributed by atoms with Gasteiger partial charge in [-0.3, -0.25) is 14.5 Å². The molecule has 8 nitrogen and oxygen atoms in total. The van der Waals surface area contributed by atoms with Gasteiger partial charge >= 0.3 is 0 Å². The summed E-state index contributed by atoms with van der Waals surface area (Å²) in [6.07, 6.45) is 6.99. The van der Waals surface area contributed by atoms with Gasteiger partial charge < -0.3 is 14.6 Å². The van der Waals surface area contributed by atoms with Gasteiger partial charge in [0, 0.05) is 60.3 Å². The molecule has 1 aliphatic rings. The lowest BCUT2D eigenvalue weighted by molar-refractivity contribution is 0.0630. The molecule has 1 aliphatic heterocycles. The molecular formula is C50H48ClF2N5O3. The van der Waals surface area contributed by atoms with Crippen molar-refractivity contribution in [2.24, 2.45) is 0 Å². The highest BCUT2D eigenvalue weighted by molar-refractivity contribution is 6.30. The molecule has 1 fully saturated rings. The van der Waals surface area contributed by atoms with Crippen LogP contribution in [0.15, 0.2) is 120 Å². The van der Waals surface area contributed by atoms with Crippen LogP contribution < -0.4 is 10.3 Å². The summed E-state index contributed by atoms with van der Waals surface area (Å²) in [5.74, 6) is -0.404. The first-order chi connectivity index (χ1) is 29.7. The van der Waals surface area contributed by atoms with E-state index in [1.807, 2.05) is 55.6 Å². The smallest absolute Gasteiger partial charge is 0.272 e. The van der Waals surface area contributed by atoms with E-state index in [0.717, 1.165) is 95.2 Å². The number of carbonyl (C=O) groups is 1. The minimum atomic E-state index is -0.544. The summed E-state index contributed by atoms with van der Waals surface area (Å²) < 4.78 is 36.5. The molecule has 0 saturated carbocycles. The second-order valence-corrected chi connectivity index (χ2v) is 16.0. The molecule has 0 radical (unpaired) electrons. The number of ether oxygens (including phenoxy) is 1. The molecule has 1 amide bonds. The lowest BCUT2D eigenvalue weighted by Gasteiger charge is -2.35. The quantitative estimate of drug-likeness (QED) is 0.0792. The number of allylic oxidation sites excluding steroid dienone is 1. The highest BCUT2D eigenvalue weighted by Crippen LogP contribution is 2.37. The van der Waals surface area contributed by atoms with Crippen LogP contribution in [-0.4, -0.2) is 70.2 Å². The number of carbonyl (C=O) groups excluding carboxylic acids is 1. The Balaban J connectivity index is 0.797. The minimum absolute atomic E-state index is 0.0570. The number of hydrogen-bond acceptors (Lipinski definition) is 5. The number of halogens is 3. The fourth-order valence-electron chi connectivity index (χ4n) is 8.35. The van der Waals surface area contributed by atoms with Crippen LogP contribution in [-0.2, 0) is 6.42 Å². The summed E-state index contributed by atoms with van der Waals surface area (Å²) in [6.45, 7) is 6.16. The molecule has 2 aromatic heterocycles. The molecule has 0 bridgehead atoms. The molecule has 2 N–H and O–H groups in total. The predicted molar refractivity (Wildman–Crippen MR) is 240 cm³/mol. The van der Waals surface area contributed by atoms with E-state index in [0.29, 0.717) is 54.2 Å². The number of fused-ring (bicyclic) bond motifs is 2. The summed E-state index contributed by atoms with van der Waals surface area (Å²) in [5, 5.41) is 9.51. The largest absolute Gasteiger partial charge is 0.494 e. The van der Waals surface area contributed by atoms with Gasteiger partial charge in [0.2, 0.25) is 0 Å². The molecule has 0 unspecified atom stereocenters. The van der Waals surface area contributed by atoms with Crippen LogP contribution in [0.25, 0.3) is 32.8 Å². The van der Waals surface area contributed by atoms with Crippen molar-refractivity contribution < 1.29 is 18.3 Å². The fraction of sp³-hybridized carbons (Fsp3) is 0.260. The predicted octanol–water partition coefficient (Wildman–Crippen LogP) is 10.7. The van der Waals surface area contributed by atoms with Crippen LogP contribution in [0.3, 0.4) is 0 Å². The second kappa shape index (κ2) is 19.1. The number of hydrogen-bond donors (Lipinski definition) is 2. The SMILES string of the molecule is CC/C(=C(/c1ccc(OCCCCCCN2CCN(C(=O)c3cc(Cc4n[nH]c(=O)c5ccccc45)ccc3F)CC2)cc1)c1ccc2[nH]ccc2c1)c1ccc(Cl)cc1F. The van der Waals surface area contributed by atoms with Crippen LogP contribution in [0, 0.1) is 11.6 Å². The second-order valence-electron chi connectivity index (χ2n) is 15.6. The lowest BCUT2D eigenvalue weighted by Crippen LogP contribution is -2.49. The maximum Gasteiger partial charge on any atom is 0.272 e. The van der Waals surface area contributed by atoms with E-state index in [4.69, 9.17) is 16.3 Å². The van der Waals surface area contributed by atoms with Crippen molar-refractivity contribution in [1.82, 2.24) is 25.0 Å². The Morgan fingerprint density at radius 1 is 0.787 bits per heavy atom. The molecule has 5 aromatic carbocycles. The Hall–Kier alpha value is -6.10. The molecule has 3 heterocycles. The van der Waals surface area contributed by atoms with E-state index in [2.05, 4.69) is 38.3 Å². The molecule has 1 saturated heterocycles. The zero-order chi connectivity index (χ0) is 42.3. The lowest BCUT2D eigenvalue weighted by atomic mass is 9.87. The summed E-state index contributed by atoms with van der Waals surface area (Å²) >= 11 is 6.12. The maximum atomic E-state index is 15.3. The third-order valence-corrected chi connectivity index (χ3v) is 11.8. The normalized spacial score (nSPS) is 13.8. The van der Waals surface area contributed by atoms with Crippen molar-refractivity contribution >= 4 is 50.3 Å². The van der Waals surface area contributed by atoms with Gasteiger partial charge in [-0.1, -0.05) is 79.9 Å². The number of H-pyrrole nitrogens is 2. The molecular weight excluding hydrogens is 792 g/mol. The standard InChI is InChI=1S/C50H48ClF2N5O3/c1-2-39(40-18-15-37(51)32-45(40)53)48(36-14-20-46-35(31-36)21-22-54-46)34-12-16-38(17-13-34)61-28-8-4-3-7-23-57-24-26-58(27-25-57)50(60)43-29-33(11-19-44(43)52)30-47-41-9-5-6-10-42(41)49(59)56-55-47/h5-6,9-22,29,31-32,54H,2-4,7-8,23-28,30H2,1H3,(H,56,59)/b48-39+. The van der Waals surface area contributed by atoms with Crippen LogP contribution >= 0.6 is 11.6 Å². The first-order valence-electron chi connectivity index (χ1n) is 21.0. The highest BCUT2D eigenvalue weighted by atomic mass is 35.5. The molecule has 0 aliphatic carbocycles. The van der Waals surface area contributed by atoms with Crippen molar-refractivity contribution in [2.75, 3.05) is 39.3 Å². The number of piperazine rings is 1. The molecule has 0 spiro atoms. The first-order valence-corrected chi connectivity index (χ1v) is 21.4. The van der Waals surface area contributed by atoms with E-state index in [9.17, 15) is 14.0 Å². The number of rotatable bonds is 15. The van der Waals surface area contributed by atoms with Crippen molar-refractivity contribution in [2.45, 2.75) is 45.4 Å². The minimum Gasteiger partial charge on any atom is -0.494 e. The summed E-state index contributed by atoms with van der Waals surface area (Å²) in [7, 11) is 0. The number of aromatic amines is 2. The monoisotopic (exact) mass is 839 g/mol. The highest BCUT2D eigenvalue weighted by Gasteiger charge is 2.25. The Morgan fingerprint density at radius 3 is 2.34 bits per heavy atom. The van der Waals surface area contributed by atoms with Gasteiger partial charge in [-0.05, 0) is 120 Å². The van der Waals surface area contributed by atoms with E-state index < -0.39 is 5.82 Å². The Labute approximate surface area is 358 Å². The maximum absolute atomic E-state index is 15.3. The molecule has 11 heteroatoms. The topological polar surface area (TPSA) is 94.3 Å². The van der Waals surface area contributed by atoms with Crippen molar-refractivity contribution in [3.63, 3.8) is 0 Å². The van der Waals surface area contributed by atoms with Crippen molar-refractivity contribution in [1.29, 1.82) is 0 Å². The third-order valence-electron chi connectivity index (χ3n) is 11.6. The van der Waals surface area contributed by atoms with E-state index >= 15 is 4.39 Å². The van der Waals surface area contributed by atoms with Gasteiger partial charge in [0.25, 0.3) is 11.5 Å². The number of amides is 1. The third kappa shape index (κ3) is 9.61. The van der Waals surface area contributed by atoms with Gasteiger partial charge in [0.05, 0.1) is 23.3 Å². The number of nitrogens with zero attached hydrogens (tertiary/aromatic N) is 3. The number of aromatic nitrogens is 3. The van der Waals surface area contributed by atoms with Crippen molar-refractivity contribution in [3.05, 3.63) is 176 Å². The summed E-state index contributed by atoms with van der Waals surface area (Å²) in [5.41, 5.74) is 6.64. The van der Waals surface area contributed by atoms with E-state index in [1.54, 1.807) is 41.3 Å². The van der Waals surface area contributed by atoms with Crippen LogP contribution in [0.2, 0.25) is 5.02 Å². The number of nitrogens with one attached hydrogen (secondary N) is 2. The zero-order valence-corrected chi connectivity index (χ0v) is 34.9. The Kier molecular flexibility index (Phi) is 13.0. The van der Waals surface area contributed by atoms with Crippen LogP contribution in [0.1, 0.15) is 77.3 Å². The van der Waals surface area contributed by atoms with E-state index in [1.165, 1.54) is 12.1 Å². The first kappa shape index (κ1) is 41.6. The fourth-order valence-corrected chi connectivity index (χ4v) is 8.51. The Morgan fingerprint density at radius 2 is 1.56 bits per heavy atom. The Bertz CT molecular complexity index is 2760. The molecule has 61 heavy (non-hydrogen) atoms. The molecule has 0 atom stereocenters. The van der Waals surface area contributed by atoms with Gasteiger partial charge in [-0.2, -0.15) is 5.10 Å². The number of unbranched alkanes of at least 4 members (excludes halogenated alkanes) is 3. The average molecular weight is 840 g/mol. The van der Waals surface area contributed by atoms with Gasteiger partial charge in [-0.25, -0.2) is 13.9 Å². The summed E-state index contributed by atoms with van der Waals surface area (Å²) in [6, 6.07) is 33.1. The number of benzene rings is 5. The zero-order valence-electron chi connectivity index (χ0n) is 34.2. The van der Waals surface area contributed by atoms with Crippen LogP contribution in [0.4, 0.5) is 8.78 Å². The van der Waals surface area contributed by atoms with Gasteiger partial charge in [0.1, 0.15) is 17.4 Å². The van der Waals surface area contributed by atoms with E-state index in [-0.39, 0.29) is 22.8 Å². The molecule has 312 valence electrons. The van der Waals surface area contributed by atoms with Gasteiger partial charge in [0.15, 0.2) is 0 Å². The van der Waals surface area contributed by atoms with Gasteiger partial charge in [-0.15, -0.1) is 0 Å². The summed E-state index contributed by atoms with van der Waals surface area (Å²) in [4.78, 5) is 33.1. The average Bonchev–Trinajstić information content (AvgIpc) is 3.76. The van der Waals surface area contributed by atoms with Crippen molar-refractivity contribution in [3.8, 4) is 5.75 Å². The molecule has 7 aromatic rings. The molecule has 8 rings (SSSR count). The van der Waals surface area contributed by atoms with Crippen LogP contribution in [0.5, 0.6) is 5.75 Å².